The van der Waals surface area contributed by atoms with E-state index in [2.05, 4.69) is 0 Å². The SMILES string of the molecule is CCc1ccc(Oc2c(C(F)(F)F)oc3cc(OC(=O)/C=C/c4ccccc4)ccc3c2=O)cc1. The average Bonchev–Trinajstić information content (AvgIpc) is 2.84. The molecule has 5 nitrogen and oxygen atoms in total. The number of fused-ring (bicyclic) bond motifs is 1. The van der Waals surface area contributed by atoms with E-state index in [4.69, 9.17) is 13.9 Å². The molecular weight excluding hydrogens is 461 g/mol. The maximum atomic E-state index is 13.7. The monoisotopic (exact) mass is 480 g/mol. The van der Waals surface area contributed by atoms with Crippen LogP contribution in [0.2, 0.25) is 0 Å². The molecule has 4 rings (SSSR count). The maximum absolute atomic E-state index is 13.7. The largest absolute Gasteiger partial charge is 0.453 e. The van der Waals surface area contributed by atoms with Gasteiger partial charge in [0.25, 0.3) is 5.76 Å². The van der Waals surface area contributed by atoms with Crippen molar-refractivity contribution < 1.29 is 31.9 Å². The average molecular weight is 480 g/mol. The Morgan fingerprint density at radius 3 is 2.31 bits per heavy atom. The molecule has 0 aliphatic rings. The third-order valence-electron chi connectivity index (χ3n) is 5.06. The number of hydrogen-bond acceptors (Lipinski definition) is 5. The Morgan fingerprint density at radius 1 is 0.971 bits per heavy atom. The molecule has 0 radical (unpaired) electrons. The van der Waals surface area contributed by atoms with E-state index < -0.39 is 34.7 Å². The molecule has 0 saturated carbocycles. The first-order valence-electron chi connectivity index (χ1n) is 10.6. The van der Waals surface area contributed by atoms with Gasteiger partial charge in [-0.25, -0.2) is 4.79 Å². The standard InChI is InChI=1S/C27H19F3O5/c1-2-17-8-11-19(12-9-17)34-25-24(32)21-14-13-20(16-22(21)35-26(25)27(28,29)30)33-23(31)15-10-18-6-4-3-5-7-18/h3-16H,2H2,1H3/b15-10+. The van der Waals surface area contributed by atoms with Gasteiger partial charge in [-0.15, -0.1) is 0 Å². The van der Waals surface area contributed by atoms with Gasteiger partial charge in [0.05, 0.1) is 5.39 Å². The number of rotatable bonds is 6. The Hall–Kier alpha value is -4.33. The Morgan fingerprint density at radius 2 is 1.66 bits per heavy atom. The van der Waals surface area contributed by atoms with Gasteiger partial charge in [0, 0.05) is 12.1 Å². The molecule has 1 heterocycles. The molecule has 178 valence electrons. The number of alkyl halides is 3. The summed E-state index contributed by atoms with van der Waals surface area (Å²) in [6, 6.07) is 18.9. The van der Waals surface area contributed by atoms with Crippen molar-refractivity contribution in [3.63, 3.8) is 0 Å². The van der Waals surface area contributed by atoms with Gasteiger partial charge in [-0.1, -0.05) is 49.4 Å². The highest BCUT2D eigenvalue weighted by molar-refractivity contribution is 5.89. The summed E-state index contributed by atoms with van der Waals surface area (Å²) in [5.74, 6) is -3.32. The minimum Gasteiger partial charge on any atom is -0.449 e. The van der Waals surface area contributed by atoms with Crippen LogP contribution in [-0.2, 0) is 17.4 Å². The van der Waals surface area contributed by atoms with E-state index in [1.54, 1.807) is 36.4 Å². The predicted molar refractivity (Wildman–Crippen MR) is 124 cm³/mol. The third-order valence-corrected chi connectivity index (χ3v) is 5.06. The number of aryl methyl sites for hydroxylation is 1. The van der Waals surface area contributed by atoms with Gasteiger partial charge in [-0.2, -0.15) is 13.2 Å². The summed E-state index contributed by atoms with van der Waals surface area (Å²) in [6.45, 7) is 1.93. The van der Waals surface area contributed by atoms with Gasteiger partial charge in [0.15, 0.2) is 0 Å². The number of benzene rings is 3. The highest BCUT2D eigenvalue weighted by Gasteiger charge is 2.40. The molecule has 0 amide bonds. The van der Waals surface area contributed by atoms with Crippen LogP contribution in [0, 0.1) is 0 Å². The summed E-state index contributed by atoms with van der Waals surface area (Å²) in [5.41, 5.74) is 0.327. The van der Waals surface area contributed by atoms with E-state index in [1.165, 1.54) is 36.4 Å². The van der Waals surface area contributed by atoms with Gasteiger partial charge in [-0.3, -0.25) is 4.79 Å². The van der Waals surface area contributed by atoms with Crippen LogP contribution in [0.3, 0.4) is 0 Å². The van der Waals surface area contributed by atoms with Crippen LogP contribution in [-0.4, -0.2) is 5.97 Å². The second kappa shape index (κ2) is 9.89. The summed E-state index contributed by atoms with van der Waals surface area (Å²) in [4.78, 5) is 25.0. The summed E-state index contributed by atoms with van der Waals surface area (Å²) in [5, 5.41) is -0.155. The molecule has 0 aliphatic heterocycles. The molecule has 0 atom stereocenters. The Bertz CT molecular complexity index is 1440. The van der Waals surface area contributed by atoms with Gasteiger partial charge in [0.2, 0.25) is 11.2 Å². The van der Waals surface area contributed by atoms with Crippen molar-refractivity contribution in [1.82, 2.24) is 0 Å². The number of hydrogen-bond donors (Lipinski definition) is 0. The van der Waals surface area contributed by atoms with E-state index in [9.17, 15) is 22.8 Å². The molecule has 0 bridgehead atoms. The van der Waals surface area contributed by atoms with E-state index in [0.717, 1.165) is 23.6 Å². The Labute approximate surface area is 198 Å². The van der Waals surface area contributed by atoms with Crippen molar-refractivity contribution in [3.05, 3.63) is 106 Å². The van der Waals surface area contributed by atoms with Gasteiger partial charge in [-0.05, 0) is 47.9 Å². The first-order chi connectivity index (χ1) is 16.7. The fourth-order valence-electron chi connectivity index (χ4n) is 3.29. The lowest BCUT2D eigenvalue weighted by atomic mass is 10.1. The number of esters is 1. The number of halogens is 3. The first kappa shape index (κ1) is 23.8. The van der Waals surface area contributed by atoms with Crippen molar-refractivity contribution in [1.29, 1.82) is 0 Å². The van der Waals surface area contributed by atoms with E-state index in [1.807, 2.05) is 13.0 Å². The Kier molecular flexibility index (Phi) is 6.73. The van der Waals surface area contributed by atoms with Gasteiger partial charge in [0.1, 0.15) is 17.1 Å². The Balaban J connectivity index is 1.66. The second-order valence-corrected chi connectivity index (χ2v) is 7.51. The fourth-order valence-corrected chi connectivity index (χ4v) is 3.29. The van der Waals surface area contributed by atoms with Crippen molar-refractivity contribution in [2.24, 2.45) is 0 Å². The minimum absolute atomic E-state index is 0.0649. The zero-order valence-electron chi connectivity index (χ0n) is 18.5. The highest BCUT2D eigenvalue weighted by atomic mass is 19.4. The highest BCUT2D eigenvalue weighted by Crippen LogP contribution is 2.38. The number of carbonyl (C=O) groups excluding carboxylic acids is 1. The third kappa shape index (κ3) is 5.60. The lowest BCUT2D eigenvalue weighted by molar-refractivity contribution is -0.154. The molecular formula is C27H19F3O5. The van der Waals surface area contributed by atoms with Crippen molar-refractivity contribution in [2.45, 2.75) is 19.5 Å². The molecule has 3 aromatic carbocycles. The molecule has 0 unspecified atom stereocenters. The predicted octanol–water partition coefficient (Wildman–Crippen LogP) is 6.79. The quantitative estimate of drug-likeness (QED) is 0.173. The molecule has 1 aromatic heterocycles. The van der Waals surface area contributed by atoms with Crippen LogP contribution in [0.25, 0.3) is 17.0 Å². The molecule has 8 heteroatoms. The summed E-state index contributed by atoms with van der Waals surface area (Å²) in [6.07, 6.45) is -1.56. The number of carbonyl (C=O) groups is 1. The summed E-state index contributed by atoms with van der Waals surface area (Å²) >= 11 is 0. The molecule has 0 aliphatic carbocycles. The molecule has 0 spiro atoms. The summed E-state index contributed by atoms with van der Waals surface area (Å²) < 4.78 is 56.8. The smallest absolute Gasteiger partial charge is 0.449 e. The lowest BCUT2D eigenvalue weighted by Gasteiger charge is -2.13. The van der Waals surface area contributed by atoms with Crippen molar-refractivity contribution in [2.75, 3.05) is 0 Å². The van der Waals surface area contributed by atoms with Gasteiger partial charge >= 0.3 is 12.1 Å². The van der Waals surface area contributed by atoms with Gasteiger partial charge < -0.3 is 13.9 Å². The van der Waals surface area contributed by atoms with Crippen LogP contribution in [0.5, 0.6) is 17.2 Å². The van der Waals surface area contributed by atoms with E-state index in [0.29, 0.717) is 0 Å². The van der Waals surface area contributed by atoms with Crippen LogP contribution in [0.1, 0.15) is 23.8 Å². The maximum Gasteiger partial charge on any atom is 0.453 e. The van der Waals surface area contributed by atoms with Crippen LogP contribution in [0.15, 0.2) is 88.1 Å². The fraction of sp³-hybridized carbons (Fsp3) is 0.111. The molecule has 4 aromatic rings. The molecule has 0 fully saturated rings. The molecule has 0 saturated heterocycles. The van der Waals surface area contributed by atoms with Crippen molar-refractivity contribution >= 4 is 23.0 Å². The lowest BCUT2D eigenvalue weighted by Crippen LogP contribution is -2.15. The zero-order valence-corrected chi connectivity index (χ0v) is 18.5. The van der Waals surface area contributed by atoms with Crippen LogP contribution >= 0.6 is 0 Å². The zero-order chi connectivity index (χ0) is 25.0. The number of ether oxygens (including phenoxy) is 2. The molecule has 0 N–H and O–H groups in total. The topological polar surface area (TPSA) is 65.7 Å². The summed E-state index contributed by atoms with van der Waals surface area (Å²) in [7, 11) is 0. The first-order valence-corrected chi connectivity index (χ1v) is 10.6. The van der Waals surface area contributed by atoms with Crippen molar-refractivity contribution in [3.8, 4) is 17.2 Å². The van der Waals surface area contributed by atoms with Crippen LogP contribution in [0.4, 0.5) is 13.2 Å². The normalized spacial score (nSPS) is 11.7. The second-order valence-electron chi connectivity index (χ2n) is 7.51. The van der Waals surface area contributed by atoms with Crippen LogP contribution < -0.4 is 14.9 Å². The molecule has 35 heavy (non-hydrogen) atoms. The van der Waals surface area contributed by atoms with E-state index in [-0.39, 0.29) is 16.9 Å². The minimum atomic E-state index is -5.00. The van der Waals surface area contributed by atoms with E-state index >= 15 is 0 Å².